The van der Waals surface area contributed by atoms with Gasteiger partial charge in [0.05, 0.1) is 12.7 Å². The molecular weight excluding hydrogens is 367 g/mol. The molecule has 26 heavy (non-hydrogen) atoms. The van der Waals surface area contributed by atoms with E-state index >= 15 is 0 Å². The van der Waals surface area contributed by atoms with E-state index in [1.54, 1.807) is 0 Å². The molecule has 1 aromatic heterocycles. The number of aromatic nitrogens is 1. The molecule has 0 fully saturated rings. The van der Waals surface area contributed by atoms with Crippen LogP contribution in [0.3, 0.4) is 0 Å². The van der Waals surface area contributed by atoms with Gasteiger partial charge in [-0.1, -0.05) is 0 Å². The Morgan fingerprint density at radius 3 is 2.46 bits per heavy atom. The monoisotopic (exact) mass is 378 g/mol. The Bertz CT molecular complexity index is 864. The van der Waals surface area contributed by atoms with E-state index in [4.69, 9.17) is 4.74 Å². The topological polar surface area (TPSA) is 80.4 Å². The minimum absolute atomic E-state index is 0.153. The second-order valence-electron chi connectivity index (χ2n) is 4.83. The molecule has 0 aliphatic carbocycles. The molecule has 0 bridgehead atoms. The smallest absolute Gasteiger partial charge is 0.417 e. The van der Waals surface area contributed by atoms with Crippen molar-refractivity contribution in [1.29, 1.82) is 0 Å². The van der Waals surface area contributed by atoms with Crippen molar-refractivity contribution in [3.05, 3.63) is 51.9 Å². The molecule has 0 saturated heterocycles. The van der Waals surface area contributed by atoms with Crippen molar-refractivity contribution in [2.75, 3.05) is 12.4 Å². The molecule has 2 aromatic rings. The Labute approximate surface area is 142 Å². The number of amides is 1. The summed E-state index contributed by atoms with van der Waals surface area (Å²) in [4.78, 5) is 25.6. The molecule has 1 amide bonds. The average molecular weight is 378 g/mol. The number of anilines is 1. The Hall–Kier alpha value is -3.11. The molecule has 0 unspecified atom stereocenters. The van der Waals surface area contributed by atoms with Crippen LogP contribution in [0, 0.1) is 0 Å². The van der Waals surface area contributed by atoms with Crippen molar-refractivity contribution < 1.29 is 36.2 Å². The average Bonchev–Trinajstić information content (AvgIpc) is 2.55. The second kappa shape index (κ2) is 7.42. The number of hydrogen-bond donors (Lipinski definition) is 2. The molecule has 1 aromatic carbocycles. The molecule has 0 aliphatic heterocycles. The summed E-state index contributed by atoms with van der Waals surface area (Å²) in [5.41, 5.74) is -2.89. The van der Waals surface area contributed by atoms with E-state index in [0.29, 0.717) is 12.3 Å². The summed E-state index contributed by atoms with van der Waals surface area (Å²) >= 11 is 0. The summed E-state index contributed by atoms with van der Waals surface area (Å²) in [6.07, 6.45) is -4.25. The van der Waals surface area contributed by atoms with Crippen LogP contribution >= 0.6 is 0 Å². The highest BCUT2D eigenvalue weighted by Gasteiger charge is 2.31. The number of halogens is 5. The van der Waals surface area contributed by atoms with Crippen molar-refractivity contribution in [3.8, 4) is 11.5 Å². The molecule has 0 spiro atoms. The van der Waals surface area contributed by atoms with Crippen LogP contribution in [0.4, 0.5) is 27.6 Å². The zero-order valence-corrected chi connectivity index (χ0v) is 13.0. The van der Waals surface area contributed by atoms with Gasteiger partial charge in [0.2, 0.25) is 0 Å². The van der Waals surface area contributed by atoms with Gasteiger partial charge in [-0.3, -0.25) is 9.59 Å². The number of carbonyl (C=O) groups is 1. The number of rotatable bonds is 5. The zero-order valence-electron chi connectivity index (χ0n) is 13.0. The third-order valence-electron chi connectivity index (χ3n) is 3.12. The van der Waals surface area contributed by atoms with Crippen molar-refractivity contribution >= 4 is 11.6 Å². The van der Waals surface area contributed by atoms with Crippen LogP contribution in [0.25, 0.3) is 0 Å². The molecule has 0 saturated carbocycles. The van der Waals surface area contributed by atoms with E-state index < -0.39 is 35.5 Å². The quantitative estimate of drug-likeness (QED) is 0.783. The number of alkyl halides is 5. The van der Waals surface area contributed by atoms with Crippen molar-refractivity contribution in [3.63, 3.8) is 0 Å². The first kappa shape index (κ1) is 19.2. The van der Waals surface area contributed by atoms with Gasteiger partial charge in [-0.05, 0) is 24.3 Å². The van der Waals surface area contributed by atoms with Gasteiger partial charge in [-0.15, -0.1) is 0 Å². The van der Waals surface area contributed by atoms with Gasteiger partial charge in [0.1, 0.15) is 5.69 Å². The molecule has 2 N–H and O–H groups in total. The predicted octanol–water partition coefficient (Wildman–Crippen LogP) is 3.26. The summed E-state index contributed by atoms with van der Waals surface area (Å²) in [7, 11) is 1.15. The lowest BCUT2D eigenvalue weighted by molar-refractivity contribution is -0.137. The lowest BCUT2D eigenvalue weighted by atomic mass is 10.1. The van der Waals surface area contributed by atoms with Crippen LogP contribution in [0.5, 0.6) is 11.5 Å². The molecule has 6 nitrogen and oxygen atoms in total. The number of aromatic amines is 1. The Balaban J connectivity index is 2.29. The van der Waals surface area contributed by atoms with Crippen molar-refractivity contribution in [2.24, 2.45) is 0 Å². The largest absolute Gasteiger partial charge is 0.493 e. The van der Waals surface area contributed by atoms with Crippen LogP contribution in [0.1, 0.15) is 15.9 Å². The number of nitrogens with one attached hydrogen (secondary N) is 2. The first-order valence-electron chi connectivity index (χ1n) is 6.86. The number of benzene rings is 1. The molecular formula is C15H11F5N2O4. The second-order valence-corrected chi connectivity index (χ2v) is 4.83. The molecule has 0 aliphatic rings. The van der Waals surface area contributed by atoms with Gasteiger partial charge >= 0.3 is 12.8 Å². The van der Waals surface area contributed by atoms with E-state index in [1.165, 1.54) is 0 Å². The third-order valence-corrected chi connectivity index (χ3v) is 3.12. The fraction of sp³-hybridized carbons (Fsp3) is 0.200. The normalized spacial score (nSPS) is 11.3. The number of carbonyl (C=O) groups excluding carboxylic acids is 1. The van der Waals surface area contributed by atoms with Gasteiger partial charge in [-0.25, -0.2) is 0 Å². The number of ether oxygens (including phenoxy) is 2. The summed E-state index contributed by atoms with van der Waals surface area (Å²) < 4.78 is 71.6. The number of hydrogen-bond acceptors (Lipinski definition) is 4. The van der Waals surface area contributed by atoms with Gasteiger partial charge < -0.3 is 19.8 Å². The highest BCUT2D eigenvalue weighted by atomic mass is 19.4. The highest BCUT2D eigenvalue weighted by Crippen LogP contribution is 2.31. The minimum Gasteiger partial charge on any atom is -0.493 e. The van der Waals surface area contributed by atoms with Crippen LogP contribution in [-0.2, 0) is 6.18 Å². The van der Waals surface area contributed by atoms with E-state index in [-0.39, 0.29) is 17.1 Å². The fourth-order valence-electron chi connectivity index (χ4n) is 1.94. The van der Waals surface area contributed by atoms with Crippen LogP contribution < -0.4 is 20.3 Å². The fourth-order valence-corrected chi connectivity index (χ4v) is 1.94. The van der Waals surface area contributed by atoms with Gasteiger partial charge in [-0.2, -0.15) is 22.0 Å². The predicted molar refractivity (Wildman–Crippen MR) is 79.6 cm³/mol. The maximum absolute atomic E-state index is 12.7. The first-order chi connectivity index (χ1) is 12.1. The van der Waals surface area contributed by atoms with E-state index in [0.717, 1.165) is 25.3 Å². The van der Waals surface area contributed by atoms with E-state index in [1.807, 2.05) is 10.3 Å². The van der Waals surface area contributed by atoms with Crippen LogP contribution in [0.2, 0.25) is 0 Å². The van der Waals surface area contributed by atoms with Gasteiger partial charge in [0, 0.05) is 11.8 Å². The SMILES string of the molecule is COc1cc(C(=O)Nc2cc(C(F)(F)F)c[nH]c2=O)ccc1OC(F)F. The van der Waals surface area contributed by atoms with Crippen molar-refractivity contribution in [1.82, 2.24) is 4.98 Å². The number of methoxy groups -OCH3 is 1. The van der Waals surface area contributed by atoms with Crippen molar-refractivity contribution in [2.45, 2.75) is 12.8 Å². The Kier molecular flexibility index (Phi) is 5.48. The summed E-state index contributed by atoms with van der Waals surface area (Å²) in [6, 6.07) is 3.62. The van der Waals surface area contributed by atoms with Crippen LogP contribution in [0.15, 0.2) is 35.3 Å². The molecule has 2 rings (SSSR count). The van der Waals surface area contributed by atoms with Gasteiger partial charge in [0.15, 0.2) is 11.5 Å². The number of pyridine rings is 1. The van der Waals surface area contributed by atoms with Gasteiger partial charge in [0.25, 0.3) is 11.5 Å². The van der Waals surface area contributed by atoms with E-state index in [2.05, 4.69) is 4.74 Å². The lowest BCUT2D eigenvalue weighted by Crippen LogP contribution is -2.21. The maximum atomic E-state index is 12.7. The molecule has 0 radical (unpaired) electrons. The Morgan fingerprint density at radius 2 is 1.88 bits per heavy atom. The molecule has 1 heterocycles. The zero-order chi connectivity index (χ0) is 19.5. The minimum atomic E-state index is -4.72. The molecule has 0 atom stereocenters. The van der Waals surface area contributed by atoms with Crippen LogP contribution in [-0.4, -0.2) is 24.6 Å². The summed E-state index contributed by atoms with van der Waals surface area (Å²) in [5, 5.41) is 2.02. The highest BCUT2D eigenvalue weighted by molar-refractivity contribution is 6.04. The summed E-state index contributed by atoms with van der Waals surface area (Å²) in [5.74, 6) is -1.48. The Morgan fingerprint density at radius 1 is 1.19 bits per heavy atom. The molecule has 11 heteroatoms. The lowest BCUT2D eigenvalue weighted by Gasteiger charge is -2.12. The standard InChI is InChI=1S/C15H11F5N2O4/c1-25-11-4-7(2-3-10(11)26-14(16)17)12(23)22-9-5-8(15(18,19)20)6-21-13(9)24/h2-6,14H,1H3,(H,21,24)(H,22,23). The summed E-state index contributed by atoms with van der Waals surface area (Å²) in [6.45, 7) is -3.12. The first-order valence-corrected chi connectivity index (χ1v) is 6.86. The number of H-pyrrole nitrogens is 1. The molecule has 140 valence electrons. The third kappa shape index (κ3) is 4.49. The van der Waals surface area contributed by atoms with E-state index in [9.17, 15) is 31.5 Å². The maximum Gasteiger partial charge on any atom is 0.417 e.